The van der Waals surface area contributed by atoms with Crippen molar-refractivity contribution in [3.05, 3.63) is 42.7 Å². The van der Waals surface area contributed by atoms with E-state index < -0.39 is 0 Å². The van der Waals surface area contributed by atoms with Gasteiger partial charge in [0, 0.05) is 11.4 Å². The van der Waals surface area contributed by atoms with Crippen LogP contribution in [-0.2, 0) is 4.79 Å². The fourth-order valence-electron chi connectivity index (χ4n) is 3.87. The molecule has 8 heteroatoms. The molecule has 1 aliphatic rings. The predicted molar refractivity (Wildman–Crippen MR) is 112 cm³/mol. The number of carbonyl (C=O) groups excluding carboxylic acids is 1. The molecule has 0 saturated heterocycles. The molecule has 1 N–H and O–H groups in total. The van der Waals surface area contributed by atoms with Crippen LogP contribution in [0.2, 0.25) is 0 Å². The molecule has 7 nitrogen and oxygen atoms in total. The fraction of sp³-hybridized carbons (Fsp3) is 0.333. The first-order chi connectivity index (χ1) is 14.3. The second kappa shape index (κ2) is 7.87. The van der Waals surface area contributed by atoms with Gasteiger partial charge in [-0.15, -0.1) is 10.2 Å². The summed E-state index contributed by atoms with van der Waals surface area (Å²) in [5, 5.41) is 13.4. The Kier molecular flexibility index (Phi) is 4.93. The largest absolute Gasteiger partial charge is 0.461 e. The van der Waals surface area contributed by atoms with Crippen LogP contribution < -0.4 is 5.32 Å². The number of fused-ring (bicyclic) bond motifs is 3. The van der Waals surface area contributed by atoms with E-state index in [1.165, 1.54) is 31.0 Å². The summed E-state index contributed by atoms with van der Waals surface area (Å²) in [5.74, 6) is 1.59. The average molecular weight is 407 g/mol. The van der Waals surface area contributed by atoms with Crippen molar-refractivity contribution in [2.75, 3.05) is 5.75 Å². The van der Waals surface area contributed by atoms with E-state index in [4.69, 9.17) is 9.40 Å². The Hall–Kier alpha value is -2.87. The quantitative estimate of drug-likeness (QED) is 0.502. The molecule has 1 aromatic carbocycles. The first kappa shape index (κ1) is 18.2. The van der Waals surface area contributed by atoms with E-state index in [2.05, 4.69) is 15.5 Å². The van der Waals surface area contributed by atoms with Gasteiger partial charge in [0.15, 0.2) is 22.4 Å². The Balaban J connectivity index is 1.46. The van der Waals surface area contributed by atoms with Gasteiger partial charge in [-0.1, -0.05) is 43.2 Å². The number of rotatable bonds is 5. The maximum Gasteiger partial charge on any atom is 0.230 e. The van der Waals surface area contributed by atoms with Gasteiger partial charge < -0.3 is 9.73 Å². The van der Waals surface area contributed by atoms with E-state index in [9.17, 15) is 4.79 Å². The summed E-state index contributed by atoms with van der Waals surface area (Å²) in [6, 6.07) is 11.8. The molecule has 3 aromatic heterocycles. The molecule has 0 spiro atoms. The number of hydrogen-bond acceptors (Lipinski definition) is 6. The number of thioether (sulfide) groups is 1. The predicted octanol–water partition coefficient (Wildman–Crippen LogP) is 4.08. The molecule has 0 bridgehead atoms. The molecule has 1 saturated carbocycles. The summed E-state index contributed by atoms with van der Waals surface area (Å²) >= 11 is 1.37. The fourth-order valence-corrected chi connectivity index (χ4v) is 4.61. The molecule has 0 atom stereocenters. The van der Waals surface area contributed by atoms with Crippen LogP contribution in [0.1, 0.15) is 32.1 Å². The van der Waals surface area contributed by atoms with E-state index in [1.54, 1.807) is 6.26 Å². The van der Waals surface area contributed by atoms with Gasteiger partial charge in [0.05, 0.1) is 17.5 Å². The summed E-state index contributed by atoms with van der Waals surface area (Å²) in [6.07, 6.45) is 7.41. The van der Waals surface area contributed by atoms with Gasteiger partial charge in [0.2, 0.25) is 5.91 Å². The minimum atomic E-state index is 0.0342. The smallest absolute Gasteiger partial charge is 0.230 e. The van der Waals surface area contributed by atoms with Crippen LogP contribution in [0.15, 0.2) is 52.2 Å². The second-order valence-corrected chi connectivity index (χ2v) is 8.21. The summed E-state index contributed by atoms with van der Waals surface area (Å²) < 4.78 is 7.47. The number of nitrogens with zero attached hydrogens (tertiary/aromatic N) is 4. The molecule has 29 heavy (non-hydrogen) atoms. The lowest BCUT2D eigenvalue weighted by Gasteiger charge is -2.22. The second-order valence-electron chi connectivity index (χ2n) is 7.26. The molecule has 1 fully saturated rings. The Labute approximate surface area is 171 Å². The van der Waals surface area contributed by atoms with E-state index in [0.717, 1.165) is 23.7 Å². The van der Waals surface area contributed by atoms with Crippen molar-refractivity contribution < 1.29 is 9.21 Å². The van der Waals surface area contributed by atoms with Crippen molar-refractivity contribution in [1.29, 1.82) is 0 Å². The Morgan fingerprint density at radius 2 is 2.00 bits per heavy atom. The molecule has 0 aliphatic heterocycles. The Morgan fingerprint density at radius 3 is 2.83 bits per heavy atom. The summed E-state index contributed by atoms with van der Waals surface area (Å²) in [6.45, 7) is 0. The van der Waals surface area contributed by atoms with Gasteiger partial charge >= 0.3 is 0 Å². The van der Waals surface area contributed by atoms with Gasteiger partial charge in [0.1, 0.15) is 0 Å². The SMILES string of the molecule is O=C(CSc1nnc2c3ccccc3nc(-c3ccco3)n12)NC1CCCCC1. The third kappa shape index (κ3) is 3.60. The monoisotopic (exact) mass is 407 g/mol. The topological polar surface area (TPSA) is 85.3 Å². The maximum atomic E-state index is 12.4. The van der Waals surface area contributed by atoms with Crippen LogP contribution in [0, 0.1) is 0 Å². The van der Waals surface area contributed by atoms with Crippen LogP contribution in [0.3, 0.4) is 0 Å². The number of carbonyl (C=O) groups is 1. The lowest BCUT2D eigenvalue weighted by Crippen LogP contribution is -2.37. The van der Waals surface area contributed by atoms with Crippen molar-refractivity contribution >= 4 is 34.2 Å². The van der Waals surface area contributed by atoms with Crippen LogP contribution in [-0.4, -0.2) is 37.3 Å². The third-order valence-electron chi connectivity index (χ3n) is 5.26. The maximum absolute atomic E-state index is 12.4. The number of benzene rings is 1. The first-order valence-corrected chi connectivity index (χ1v) is 10.9. The summed E-state index contributed by atoms with van der Waals surface area (Å²) in [7, 11) is 0. The first-order valence-electron chi connectivity index (χ1n) is 9.89. The minimum absolute atomic E-state index is 0.0342. The Morgan fingerprint density at radius 1 is 1.14 bits per heavy atom. The van der Waals surface area contributed by atoms with Crippen molar-refractivity contribution in [3.8, 4) is 11.6 Å². The molecular weight excluding hydrogens is 386 g/mol. The van der Waals surface area contributed by atoms with Gasteiger partial charge in [-0.25, -0.2) is 4.98 Å². The highest BCUT2D eigenvalue weighted by atomic mass is 32.2. The number of furan rings is 1. The van der Waals surface area contributed by atoms with Gasteiger partial charge in [-0.05, 0) is 37.1 Å². The summed E-state index contributed by atoms with van der Waals surface area (Å²) in [4.78, 5) is 17.2. The molecule has 1 aliphatic carbocycles. The number of nitrogens with one attached hydrogen (secondary N) is 1. The van der Waals surface area contributed by atoms with Gasteiger partial charge in [-0.2, -0.15) is 0 Å². The van der Waals surface area contributed by atoms with Gasteiger partial charge in [0.25, 0.3) is 0 Å². The highest BCUT2D eigenvalue weighted by Gasteiger charge is 2.20. The molecule has 148 valence electrons. The lowest BCUT2D eigenvalue weighted by atomic mass is 9.95. The van der Waals surface area contributed by atoms with Crippen molar-refractivity contribution in [2.24, 2.45) is 0 Å². The number of para-hydroxylation sites is 1. The number of hydrogen-bond donors (Lipinski definition) is 1. The standard InChI is InChI=1S/C21H21N5O2S/c27-18(22-14-7-2-1-3-8-14)13-29-21-25-24-19-15-9-4-5-10-16(15)23-20(26(19)21)17-11-6-12-28-17/h4-6,9-12,14H,1-3,7-8,13H2,(H,22,27). The van der Waals surface area contributed by atoms with Crippen molar-refractivity contribution in [2.45, 2.75) is 43.3 Å². The highest BCUT2D eigenvalue weighted by molar-refractivity contribution is 7.99. The van der Waals surface area contributed by atoms with Crippen LogP contribution >= 0.6 is 11.8 Å². The highest BCUT2D eigenvalue weighted by Crippen LogP contribution is 2.29. The average Bonchev–Trinajstić information content (AvgIpc) is 3.43. The molecule has 3 heterocycles. The molecule has 4 aromatic rings. The van der Waals surface area contributed by atoms with Crippen LogP contribution in [0.5, 0.6) is 0 Å². The zero-order chi connectivity index (χ0) is 19.6. The molecule has 0 unspecified atom stereocenters. The van der Waals surface area contributed by atoms with E-state index in [-0.39, 0.29) is 5.91 Å². The molecule has 5 rings (SSSR count). The minimum Gasteiger partial charge on any atom is -0.461 e. The molecule has 1 amide bonds. The normalized spacial score (nSPS) is 15.2. The number of aromatic nitrogens is 4. The van der Waals surface area contributed by atoms with Crippen LogP contribution in [0.25, 0.3) is 28.1 Å². The van der Waals surface area contributed by atoms with Gasteiger partial charge in [-0.3, -0.25) is 9.20 Å². The van der Waals surface area contributed by atoms with Crippen molar-refractivity contribution in [3.63, 3.8) is 0 Å². The Bertz CT molecular complexity index is 1150. The summed E-state index contributed by atoms with van der Waals surface area (Å²) in [5.41, 5.74) is 1.53. The van der Waals surface area contributed by atoms with Crippen LogP contribution in [0.4, 0.5) is 0 Å². The van der Waals surface area contributed by atoms with Crippen molar-refractivity contribution in [1.82, 2.24) is 24.9 Å². The zero-order valence-electron chi connectivity index (χ0n) is 15.9. The zero-order valence-corrected chi connectivity index (χ0v) is 16.7. The van der Waals surface area contributed by atoms with E-state index in [1.807, 2.05) is 40.8 Å². The molecule has 0 radical (unpaired) electrons. The van der Waals surface area contributed by atoms with E-state index >= 15 is 0 Å². The number of amides is 1. The third-order valence-corrected chi connectivity index (χ3v) is 6.19. The van der Waals surface area contributed by atoms with E-state index in [0.29, 0.717) is 34.2 Å². The molecular formula is C21H21N5O2S. The lowest BCUT2D eigenvalue weighted by molar-refractivity contribution is -0.119.